The van der Waals surface area contributed by atoms with Gasteiger partial charge in [-0.25, -0.2) is 0 Å². The van der Waals surface area contributed by atoms with E-state index in [9.17, 15) is 0 Å². The molecule has 0 aromatic heterocycles. The lowest BCUT2D eigenvalue weighted by Gasteiger charge is -2.43. The molecule has 3 rings (SSSR count). The number of rotatable bonds is 3. The van der Waals surface area contributed by atoms with Gasteiger partial charge in [-0.1, -0.05) is 56.3 Å². The second-order valence-electron chi connectivity index (χ2n) is 5.82. The molecule has 0 amide bonds. The van der Waals surface area contributed by atoms with E-state index in [2.05, 4.69) is 50.3 Å². The van der Waals surface area contributed by atoms with Gasteiger partial charge in [0.25, 0.3) is 0 Å². The van der Waals surface area contributed by atoms with Crippen LogP contribution in [0.15, 0.2) is 42.5 Å². The Bertz CT molecular complexity index is 436. The van der Waals surface area contributed by atoms with Crippen LogP contribution in [0.1, 0.15) is 25.8 Å². The fraction of sp³-hybridized carbons (Fsp3) is 0.500. The van der Waals surface area contributed by atoms with Gasteiger partial charge in [0.15, 0.2) is 0 Å². The highest BCUT2D eigenvalue weighted by molar-refractivity contribution is 5.15. The van der Waals surface area contributed by atoms with Gasteiger partial charge in [-0.15, -0.1) is 0 Å². The topological polar surface area (TPSA) is 18.5 Å². The summed E-state index contributed by atoms with van der Waals surface area (Å²) in [4.78, 5) is 0. The van der Waals surface area contributed by atoms with Crippen molar-refractivity contribution in [3.8, 4) is 0 Å². The van der Waals surface area contributed by atoms with E-state index in [1.54, 1.807) is 0 Å². The molecule has 0 radical (unpaired) electrons. The number of hydrogen-bond acceptors (Lipinski definition) is 2. The average Bonchev–Trinajstić information content (AvgIpc) is 2.80. The van der Waals surface area contributed by atoms with Gasteiger partial charge in [-0.05, 0) is 5.56 Å². The van der Waals surface area contributed by atoms with Crippen molar-refractivity contribution in [3.63, 3.8) is 0 Å². The van der Waals surface area contributed by atoms with Crippen molar-refractivity contribution < 1.29 is 9.47 Å². The highest BCUT2D eigenvalue weighted by Crippen LogP contribution is 2.42. The number of benzene rings is 1. The van der Waals surface area contributed by atoms with E-state index >= 15 is 0 Å². The Balaban J connectivity index is 1.66. The first-order valence-corrected chi connectivity index (χ1v) is 6.65. The second kappa shape index (κ2) is 4.52. The highest BCUT2D eigenvalue weighted by atomic mass is 16.5. The van der Waals surface area contributed by atoms with Crippen LogP contribution in [0.5, 0.6) is 0 Å². The molecular formula is C16H20O2. The maximum atomic E-state index is 6.15. The molecule has 96 valence electrons. The van der Waals surface area contributed by atoms with Gasteiger partial charge in [0.2, 0.25) is 0 Å². The molecule has 2 nitrogen and oxygen atoms in total. The maximum absolute atomic E-state index is 6.15. The summed E-state index contributed by atoms with van der Waals surface area (Å²) in [6.45, 7) is 5.16. The largest absolute Gasteiger partial charge is 0.373 e. The molecule has 0 spiro atoms. The predicted molar refractivity (Wildman–Crippen MR) is 71.2 cm³/mol. The Morgan fingerprint density at radius 1 is 1.22 bits per heavy atom. The van der Waals surface area contributed by atoms with Crippen LogP contribution < -0.4 is 0 Å². The zero-order valence-electron chi connectivity index (χ0n) is 11.0. The summed E-state index contributed by atoms with van der Waals surface area (Å²) < 4.78 is 12.0. The van der Waals surface area contributed by atoms with Gasteiger partial charge in [-0.3, -0.25) is 0 Å². The Morgan fingerprint density at radius 3 is 2.78 bits per heavy atom. The summed E-state index contributed by atoms with van der Waals surface area (Å²) in [7, 11) is 0. The van der Waals surface area contributed by atoms with Crippen molar-refractivity contribution in [2.45, 2.75) is 45.2 Å². The summed E-state index contributed by atoms with van der Waals surface area (Å²) in [5.41, 5.74) is 1.29. The normalized spacial score (nSPS) is 32.7. The molecule has 1 aromatic rings. The lowest BCUT2D eigenvalue weighted by Crippen LogP contribution is -2.47. The fourth-order valence-electron chi connectivity index (χ4n) is 2.81. The van der Waals surface area contributed by atoms with Crippen molar-refractivity contribution in [2.75, 3.05) is 0 Å². The molecule has 18 heavy (non-hydrogen) atoms. The van der Waals surface area contributed by atoms with Crippen LogP contribution in [0.2, 0.25) is 0 Å². The van der Waals surface area contributed by atoms with E-state index in [0.717, 1.165) is 6.42 Å². The van der Waals surface area contributed by atoms with Crippen LogP contribution >= 0.6 is 0 Å². The average molecular weight is 244 g/mol. The molecule has 1 saturated heterocycles. The molecular weight excluding hydrogens is 224 g/mol. The highest BCUT2D eigenvalue weighted by Gasteiger charge is 2.46. The second-order valence-corrected chi connectivity index (χ2v) is 5.82. The first-order valence-electron chi connectivity index (χ1n) is 6.65. The Labute approximate surface area is 109 Å². The zero-order chi connectivity index (χ0) is 12.6. The molecule has 0 saturated carbocycles. The van der Waals surface area contributed by atoms with E-state index in [1.165, 1.54) is 5.56 Å². The smallest absolute Gasteiger partial charge is 0.0840 e. The Hall–Kier alpha value is -1.12. The molecule has 2 aliphatic heterocycles. The van der Waals surface area contributed by atoms with Gasteiger partial charge in [0.1, 0.15) is 0 Å². The van der Waals surface area contributed by atoms with Crippen molar-refractivity contribution in [1.29, 1.82) is 0 Å². The number of hydrogen-bond donors (Lipinski definition) is 0. The quantitative estimate of drug-likeness (QED) is 0.759. The molecule has 0 unspecified atom stereocenters. The molecule has 3 atom stereocenters. The van der Waals surface area contributed by atoms with Crippen molar-refractivity contribution in [1.82, 2.24) is 0 Å². The molecule has 0 aliphatic carbocycles. The van der Waals surface area contributed by atoms with Crippen LogP contribution in [-0.2, 0) is 16.1 Å². The molecule has 2 bridgehead atoms. The number of fused-ring (bicyclic) bond motifs is 2. The first kappa shape index (κ1) is 11.9. The van der Waals surface area contributed by atoms with Gasteiger partial charge in [0.05, 0.1) is 24.9 Å². The van der Waals surface area contributed by atoms with E-state index in [-0.39, 0.29) is 23.7 Å². The van der Waals surface area contributed by atoms with Crippen LogP contribution in [0, 0.1) is 5.41 Å². The number of ether oxygens (including phenoxy) is 2. The van der Waals surface area contributed by atoms with Gasteiger partial charge >= 0.3 is 0 Å². The summed E-state index contributed by atoms with van der Waals surface area (Å²) in [5.74, 6) is 0. The molecule has 0 N–H and O–H groups in total. The van der Waals surface area contributed by atoms with E-state index < -0.39 is 0 Å². The van der Waals surface area contributed by atoms with E-state index in [0.29, 0.717) is 6.61 Å². The minimum absolute atomic E-state index is 0.0538. The summed E-state index contributed by atoms with van der Waals surface area (Å²) in [5, 5.41) is 0. The van der Waals surface area contributed by atoms with Crippen molar-refractivity contribution in [2.24, 2.45) is 5.41 Å². The third kappa shape index (κ3) is 2.11. The van der Waals surface area contributed by atoms with Crippen molar-refractivity contribution in [3.05, 3.63) is 48.0 Å². The van der Waals surface area contributed by atoms with Crippen LogP contribution in [-0.4, -0.2) is 18.3 Å². The van der Waals surface area contributed by atoms with Gasteiger partial charge in [-0.2, -0.15) is 0 Å². The fourth-order valence-corrected chi connectivity index (χ4v) is 2.81. The monoisotopic (exact) mass is 244 g/mol. The third-order valence-electron chi connectivity index (χ3n) is 4.13. The Kier molecular flexibility index (Phi) is 3.00. The van der Waals surface area contributed by atoms with Crippen LogP contribution in [0.3, 0.4) is 0 Å². The summed E-state index contributed by atoms with van der Waals surface area (Å²) >= 11 is 0. The lowest BCUT2D eigenvalue weighted by atomic mass is 9.78. The Morgan fingerprint density at radius 2 is 2.00 bits per heavy atom. The van der Waals surface area contributed by atoms with Gasteiger partial charge in [0, 0.05) is 11.8 Å². The standard InChI is InChI=1S/C16H20O2/c1-16(2)14-9-8-13(18-14)10-15(16)17-11-12-6-4-3-5-7-12/h3-9,13-15H,10-11H2,1-2H3/t13-,14+,15+/m1/s1. The lowest BCUT2D eigenvalue weighted by molar-refractivity contribution is -0.156. The predicted octanol–water partition coefficient (Wildman–Crippen LogP) is 3.33. The summed E-state index contributed by atoms with van der Waals surface area (Å²) in [6, 6.07) is 10.4. The first-order chi connectivity index (χ1) is 8.66. The SMILES string of the molecule is CC1(C)[C@@H]2C=C[C@H](C[C@@H]1OCc1ccccc1)O2. The minimum Gasteiger partial charge on any atom is -0.373 e. The maximum Gasteiger partial charge on any atom is 0.0840 e. The van der Waals surface area contributed by atoms with E-state index in [1.807, 2.05) is 6.07 Å². The van der Waals surface area contributed by atoms with Gasteiger partial charge < -0.3 is 9.47 Å². The molecule has 2 aliphatic rings. The minimum atomic E-state index is 0.0538. The molecule has 1 aromatic carbocycles. The van der Waals surface area contributed by atoms with Crippen LogP contribution in [0.25, 0.3) is 0 Å². The zero-order valence-corrected chi connectivity index (χ0v) is 11.0. The molecule has 1 fully saturated rings. The van der Waals surface area contributed by atoms with Crippen molar-refractivity contribution >= 4 is 0 Å². The third-order valence-corrected chi connectivity index (χ3v) is 4.13. The van der Waals surface area contributed by atoms with E-state index in [4.69, 9.17) is 9.47 Å². The van der Waals surface area contributed by atoms with Crippen LogP contribution in [0.4, 0.5) is 0 Å². The molecule has 2 heteroatoms. The summed E-state index contributed by atoms with van der Waals surface area (Å²) in [6.07, 6.45) is 6.05. The molecule has 2 heterocycles.